The van der Waals surface area contributed by atoms with Crippen molar-refractivity contribution in [1.29, 1.82) is 0 Å². The summed E-state index contributed by atoms with van der Waals surface area (Å²) in [7, 11) is 0. The van der Waals surface area contributed by atoms with Crippen molar-refractivity contribution in [3.63, 3.8) is 0 Å². The fraction of sp³-hybridized carbons (Fsp3) is 0.500. The molecule has 0 saturated carbocycles. The van der Waals surface area contributed by atoms with E-state index >= 15 is 0 Å². The van der Waals surface area contributed by atoms with Gasteiger partial charge >= 0.3 is 0 Å². The number of hydrogen-bond acceptors (Lipinski definition) is 4. The summed E-state index contributed by atoms with van der Waals surface area (Å²) in [5.74, 6) is 0. The minimum absolute atomic E-state index is 0.134. The number of thiocarbonyl (C=S) groups is 1. The normalized spacial score (nSPS) is 12.8. The van der Waals surface area contributed by atoms with Crippen molar-refractivity contribution in [3.05, 3.63) is 0 Å². The Bertz CT molecular complexity index is 99.9. The van der Waals surface area contributed by atoms with Crippen LogP contribution in [0.5, 0.6) is 0 Å². The van der Waals surface area contributed by atoms with Gasteiger partial charge in [-0.25, -0.2) is 0 Å². The van der Waals surface area contributed by atoms with Crippen molar-refractivity contribution in [2.75, 3.05) is 0 Å². The molecule has 0 spiro atoms. The molecule has 1 unspecified atom stereocenters. The minimum Gasteiger partial charge on any atom is -0.758 e. The summed E-state index contributed by atoms with van der Waals surface area (Å²) < 4.78 is 19.2. The van der Waals surface area contributed by atoms with Crippen molar-refractivity contribution in [2.24, 2.45) is 0 Å². The molecule has 1 atom stereocenters. The second kappa shape index (κ2) is 3.90. The van der Waals surface area contributed by atoms with Gasteiger partial charge in [0.2, 0.25) is 0 Å². The minimum atomic E-state index is -2.40. The first-order valence-electron chi connectivity index (χ1n) is 1.65. The van der Waals surface area contributed by atoms with E-state index < -0.39 is 11.3 Å². The third-order valence-corrected chi connectivity index (χ3v) is 0.556. The van der Waals surface area contributed by atoms with Gasteiger partial charge in [0, 0.05) is 6.92 Å². The molecule has 0 fully saturated rings. The number of hydrogen-bond donors (Lipinski definition) is 1. The number of rotatable bonds is 2. The monoisotopic (exact) mass is 154 g/mol. The maximum Gasteiger partial charge on any atom is 0.185 e. The lowest BCUT2D eigenvalue weighted by Crippen LogP contribution is -2.18. The highest BCUT2D eigenvalue weighted by molar-refractivity contribution is 7.80. The van der Waals surface area contributed by atoms with Crippen LogP contribution in [0, 0.1) is 0 Å². The van der Waals surface area contributed by atoms with Gasteiger partial charge in [0.15, 0.2) is 5.05 Å². The van der Waals surface area contributed by atoms with Crippen molar-refractivity contribution in [3.8, 4) is 0 Å². The molecule has 0 rings (SSSR count). The SMILES string of the molecule is CC(=S)ONS(=O)[O-]. The Balaban J connectivity index is 3.18. The predicted molar refractivity (Wildman–Crippen MR) is 31.4 cm³/mol. The molecule has 0 saturated heterocycles. The highest BCUT2D eigenvalue weighted by Gasteiger charge is 1.82. The summed E-state index contributed by atoms with van der Waals surface area (Å²) in [5, 5.41) is 0.134. The summed E-state index contributed by atoms with van der Waals surface area (Å²) in [4.78, 5) is 5.79. The highest BCUT2D eigenvalue weighted by Crippen LogP contribution is 1.73. The van der Waals surface area contributed by atoms with Gasteiger partial charge in [-0.05, 0) is 12.2 Å². The standard InChI is InChI=1S/C2H5NO3S2/c1-2(7)6-3-8(4)5/h3H,1H3,(H,4,5)/p-1. The van der Waals surface area contributed by atoms with Gasteiger partial charge in [-0.2, -0.15) is 0 Å². The van der Waals surface area contributed by atoms with Crippen LogP contribution in [-0.2, 0) is 16.1 Å². The van der Waals surface area contributed by atoms with E-state index in [9.17, 15) is 8.76 Å². The maximum absolute atomic E-state index is 9.61. The van der Waals surface area contributed by atoms with Crippen molar-refractivity contribution < 1.29 is 13.6 Å². The first-order chi connectivity index (χ1) is 3.63. The molecule has 0 aliphatic heterocycles. The molecule has 0 aliphatic carbocycles. The average molecular weight is 154 g/mol. The number of nitrogens with one attached hydrogen (secondary N) is 1. The smallest absolute Gasteiger partial charge is 0.185 e. The lowest BCUT2D eigenvalue weighted by atomic mass is 10.9. The molecule has 0 aromatic rings. The molecule has 0 heterocycles. The Hall–Kier alpha value is -0.0400. The molecular weight excluding hydrogens is 150 g/mol. The molecule has 0 aromatic heterocycles. The van der Waals surface area contributed by atoms with Crippen molar-refractivity contribution in [2.45, 2.75) is 6.92 Å². The molecule has 0 radical (unpaired) electrons. The van der Waals surface area contributed by atoms with Gasteiger partial charge in [-0.15, -0.1) is 0 Å². The quantitative estimate of drug-likeness (QED) is 0.335. The Morgan fingerprint density at radius 2 is 2.50 bits per heavy atom. The zero-order valence-electron chi connectivity index (χ0n) is 4.04. The summed E-state index contributed by atoms with van der Waals surface area (Å²) >= 11 is 1.96. The fourth-order valence-electron chi connectivity index (χ4n) is 0.0927. The Kier molecular flexibility index (Phi) is 3.88. The predicted octanol–water partition coefficient (Wildman–Crippen LogP) is -0.351. The van der Waals surface area contributed by atoms with Gasteiger partial charge < -0.3 is 9.39 Å². The lowest BCUT2D eigenvalue weighted by molar-refractivity contribution is 0.255. The maximum atomic E-state index is 9.61. The van der Waals surface area contributed by atoms with Crippen molar-refractivity contribution >= 4 is 28.5 Å². The molecular formula is C2H4NO3S2-. The second-order valence-corrected chi connectivity index (χ2v) is 2.12. The van der Waals surface area contributed by atoms with Gasteiger partial charge in [-0.3, -0.25) is 4.21 Å². The summed E-state index contributed by atoms with van der Waals surface area (Å²) in [6.07, 6.45) is 0. The lowest BCUT2D eigenvalue weighted by Gasteiger charge is -2.05. The summed E-state index contributed by atoms with van der Waals surface area (Å²) in [5.41, 5.74) is 0. The molecule has 0 bridgehead atoms. The zero-order valence-corrected chi connectivity index (χ0v) is 5.67. The highest BCUT2D eigenvalue weighted by atomic mass is 32.2. The van der Waals surface area contributed by atoms with Crippen LogP contribution in [0.4, 0.5) is 0 Å². The summed E-state index contributed by atoms with van der Waals surface area (Å²) in [6, 6.07) is 0. The zero-order chi connectivity index (χ0) is 6.57. The van der Waals surface area contributed by atoms with Crippen LogP contribution in [0.2, 0.25) is 0 Å². The van der Waals surface area contributed by atoms with E-state index in [4.69, 9.17) is 0 Å². The van der Waals surface area contributed by atoms with Crippen LogP contribution in [0.3, 0.4) is 0 Å². The molecule has 4 nitrogen and oxygen atoms in total. The van der Waals surface area contributed by atoms with Crippen LogP contribution >= 0.6 is 12.2 Å². The van der Waals surface area contributed by atoms with E-state index in [2.05, 4.69) is 17.1 Å². The van der Waals surface area contributed by atoms with E-state index in [0.717, 1.165) is 0 Å². The Labute approximate surface area is 54.6 Å². The molecule has 48 valence electrons. The fourth-order valence-corrected chi connectivity index (χ4v) is 0.380. The largest absolute Gasteiger partial charge is 0.758 e. The molecule has 6 heteroatoms. The average Bonchev–Trinajstić information content (AvgIpc) is 1.61. The third-order valence-electron chi connectivity index (χ3n) is 0.253. The Morgan fingerprint density at radius 3 is 2.62 bits per heavy atom. The van der Waals surface area contributed by atoms with Crippen LogP contribution in [0.1, 0.15) is 6.92 Å². The van der Waals surface area contributed by atoms with E-state index in [-0.39, 0.29) is 5.05 Å². The molecule has 0 aliphatic rings. The van der Waals surface area contributed by atoms with E-state index in [1.54, 1.807) is 4.89 Å². The van der Waals surface area contributed by atoms with Crippen LogP contribution < -0.4 is 4.89 Å². The first kappa shape index (κ1) is 7.96. The van der Waals surface area contributed by atoms with Gasteiger partial charge in [0.05, 0.1) is 11.3 Å². The van der Waals surface area contributed by atoms with Gasteiger partial charge in [0.25, 0.3) is 0 Å². The van der Waals surface area contributed by atoms with Crippen molar-refractivity contribution in [1.82, 2.24) is 4.89 Å². The van der Waals surface area contributed by atoms with E-state index in [1.807, 2.05) is 0 Å². The van der Waals surface area contributed by atoms with Crippen LogP contribution in [-0.4, -0.2) is 13.8 Å². The molecule has 8 heavy (non-hydrogen) atoms. The van der Waals surface area contributed by atoms with Gasteiger partial charge in [-0.1, -0.05) is 4.89 Å². The van der Waals surface area contributed by atoms with Crippen LogP contribution in [0.15, 0.2) is 0 Å². The first-order valence-corrected chi connectivity index (χ1v) is 3.13. The van der Waals surface area contributed by atoms with E-state index in [0.29, 0.717) is 0 Å². The van der Waals surface area contributed by atoms with Gasteiger partial charge in [0.1, 0.15) is 0 Å². The van der Waals surface area contributed by atoms with E-state index in [1.165, 1.54) is 6.92 Å². The topological polar surface area (TPSA) is 61.4 Å². The summed E-state index contributed by atoms with van der Waals surface area (Å²) in [6.45, 7) is 1.45. The van der Waals surface area contributed by atoms with Crippen LogP contribution in [0.25, 0.3) is 0 Å². The third kappa shape index (κ3) is 5.96. The molecule has 1 N–H and O–H groups in total. The Morgan fingerprint density at radius 1 is 2.00 bits per heavy atom. The molecule has 0 aromatic carbocycles. The molecule has 0 amide bonds. The second-order valence-electron chi connectivity index (χ2n) is 0.912.